The second-order valence-electron chi connectivity index (χ2n) is 6.50. The quantitative estimate of drug-likeness (QED) is 0.774. The maximum atomic E-state index is 12.7. The first-order valence-electron chi connectivity index (χ1n) is 8.83. The van der Waals surface area contributed by atoms with Gasteiger partial charge in [-0.25, -0.2) is 4.98 Å². The lowest BCUT2D eigenvalue weighted by Gasteiger charge is -2.27. The molecule has 0 unspecified atom stereocenters. The van der Waals surface area contributed by atoms with Gasteiger partial charge in [0.2, 0.25) is 0 Å². The molecule has 1 N–H and O–H groups in total. The average Bonchev–Trinajstić information content (AvgIpc) is 3.17. The molecule has 0 spiro atoms. The van der Waals surface area contributed by atoms with Gasteiger partial charge in [-0.1, -0.05) is 6.07 Å². The van der Waals surface area contributed by atoms with Crippen molar-refractivity contribution in [1.82, 2.24) is 14.3 Å². The van der Waals surface area contributed by atoms with Crippen LogP contribution in [0.1, 0.15) is 26.3 Å². The molecule has 138 valence electrons. The number of aromatic nitrogens is 2. The van der Waals surface area contributed by atoms with Crippen LogP contribution in [0.5, 0.6) is 0 Å². The largest absolute Gasteiger partial charge is 0.378 e. The zero-order valence-electron chi connectivity index (χ0n) is 15.0. The zero-order chi connectivity index (χ0) is 18.8. The van der Waals surface area contributed by atoms with Gasteiger partial charge >= 0.3 is 0 Å². The number of morpholine rings is 1. The second kappa shape index (κ2) is 7.20. The van der Waals surface area contributed by atoms with Crippen molar-refractivity contribution < 1.29 is 14.3 Å². The molecule has 0 aliphatic carbocycles. The summed E-state index contributed by atoms with van der Waals surface area (Å²) < 4.78 is 7.09. The molecular weight excluding hydrogens is 344 g/mol. The van der Waals surface area contributed by atoms with Crippen molar-refractivity contribution in [3.8, 4) is 0 Å². The van der Waals surface area contributed by atoms with E-state index >= 15 is 0 Å². The van der Waals surface area contributed by atoms with Gasteiger partial charge in [-0.3, -0.25) is 9.59 Å². The lowest BCUT2D eigenvalue weighted by atomic mass is 10.1. The van der Waals surface area contributed by atoms with Crippen LogP contribution in [0.3, 0.4) is 0 Å². The number of anilines is 1. The highest BCUT2D eigenvalue weighted by atomic mass is 16.5. The van der Waals surface area contributed by atoms with Gasteiger partial charge in [0.05, 0.1) is 18.8 Å². The molecule has 2 aromatic heterocycles. The summed E-state index contributed by atoms with van der Waals surface area (Å²) in [5.41, 5.74) is 3.38. The summed E-state index contributed by atoms with van der Waals surface area (Å²) in [7, 11) is 0. The molecule has 7 nitrogen and oxygen atoms in total. The van der Waals surface area contributed by atoms with E-state index < -0.39 is 0 Å². The molecule has 7 heteroatoms. The second-order valence-corrected chi connectivity index (χ2v) is 6.50. The van der Waals surface area contributed by atoms with E-state index in [1.807, 2.05) is 13.0 Å². The van der Waals surface area contributed by atoms with Crippen molar-refractivity contribution in [2.75, 3.05) is 31.6 Å². The van der Waals surface area contributed by atoms with E-state index in [9.17, 15) is 9.59 Å². The van der Waals surface area contributed by atoms with E-state index in [0.717, 1.165) is 11.2 Å². The summed E-state index contributed by atoms with van der Waals surface area (Å²) in [4.78, 5) is 31.3. The third-order valence-corrected chi connectivity index (χ3v) is 4.68. The van der Waals surface area contributed by atoms with Crippen LogP contribution >= 0.6 is 0 Å². The highest BCUT2D eigenvalue weighted by molar-refractivity contribution is 6.05. The van der Waals surface area contributed by atoms with Crippen molar-refractivity contribution in [2.45, 2.75) is 6.92 Å². The lowest BCUT2D eigenvalue weighted by Crippen LogP contribution is -2.40. The standard InChI is InChI=1S/C20H20N4O3/c1-14-2-3-15(20(26)23-8-10-27-11-9-23)12-17(14)22-19(25)16-4-5-18-21-6-7-24(18)13-16/h2-7,12-13H,8-11H2,1H3,(H,22,25). The van der Waals surface area contributed by atoms with Crippen molar-refractivity contribution in [3.63, 3.8) is 0 Å². The number of nitrogens with zero attached hydrogens (tertiary/aromatic N) is 3. The van der Waals surface area contributed by atoms with Crippen molar-refractivity contribution in [3.05, 3.63) is 65.6 Å². The number of ether oxygens (including phenoxy) is 1. The number of benzene rings is 1. The van der Waals surface area contributed by atoms with Gasteiger partial charge < -0.3 is 19.4 Å². The van der Waals surface area contributed by atoms with Crippen molar-refractivity contribution in [1.29, 1.82) is 0 Å². The first kappa shape index (κ1) is 17.2. The van der Waals surface area contributed by atoms with Crippen LogP contribution in [-0.2, 0) is 4.74 Å². The van der Waals surface area contributed by atoms with E-state index in [1.165, 1.54) is 0 Å². The van der Waals surface area contributed by atoms with Crippen LogP contribution < -0.4 is 5.32 Å². The Morgan fingerprint density at radius 2 is 1.89 bits per heavy atom. The van der Waals surface area contributed by atoms with Crippen LogP contribution in [0.15, 0.2) is 48.9 Å². The van der Waals surface area contributed by atoms with Gasteiger partial charge in [-0.05, 0) is 36.8 Å². The summed E-state index contributed by atoms with van der Waals surface area (Å²) >= 11 is 0. The van der Waals surface area contributed by atoms with Gasteiger partial charge in [-0.2, -0.15) is 0 Å². The molecule has 1 aromatic carbocycles. The number of amides is 2. The number of aryl methyl sites for hydroxylation is 1. The highest BCUT2D eigenvalue weighted by Gasteiger charge is 2.19. The normalized spacial score (nSPS) is 14.3. The number of fused-ring (bicyclic) bond motifs is 1. The molecule has 4 rings (SSSR count). The number of carbonyl (C=O) groups is 2. The van der Waals surface area contributed by atoms with Crippen LogP contribution in [0.2, 0.25) is 0 Å². The van der Waals surface area contributed by atoms with Crippen LogP contribution in [0.4, 0.5) is 5.69 Å². The summed E-state index contributed by atoms with van der Waals surface area (Å²) in [6, 6.07) is 8.90. The number of nitrogens with one attached hydrogen (secondary N) is 1. The SMILES string of the molecule is Cc1ccc(C(=O)N2CCOCC2)cc1NC(=O)c1ccc2nccn2c1. The molecule has 1 aliphatic heterocycles. The number of carbonyl (C=O) groups excluding carboxylic acids is 2. The fourth-order valence-electron chi connectivity index (χ4n) is 3.09. The fourth-order valence-corrected chi connectivity index (χ4v) is 3.09. The van der Waals surface area contributed by atoms with E-state index in [2.05, 4.69) is 10.3 Å². The van der Waals surface area contributed by atoms with Gasteiger partial charge in [0, 0.05) is 42.9 Å². The average molecular weight is 364 g/mol. The summed E-state index contributed by atoms with van der Waals surface area (Å²) in [6.07, 6.45) is 5.20. The number of hydrogen-bond donors (Lipinski definition) is 1. The van der Waals surface area contributed by atoms with E-state index in [0.29, 0.717) is 43.1 Å². The minimum absolute atomic E-state index is 0.0476. The Bertz CT molecular complexity index is 1010. The van der Waals surface area contributed by atoms with Crippen LogP contribution in [0, 0.1) is 6.92 Å². The topological polar surface area (TPSA) is 75.9 Å². The van der Waals surface area contributed by atoms with Crippen molar-refractivity contribution in [2.24, 2.45) is 0 Å². The number of hydrogen-bond acceptors (Lipinski definition) is 4. The molecule has 27 heavy (non-hydrogen) atoms. The monoisotopic (exact) mass is 364 g/mol. The zero-order valence-corrected chi connectivity index (χ0v) is 15.0. The lowest BCUT2D eigenvalue weighted by molar-refractivity contribution is 0.0303. The highest BCUT2D eigenvalue weighted by Crippen LogP contribution is 2.20. The Morgan fingerprint density at radius 3 is 2.70 bits per heavy atom. The van der Waals surface area contributed by atoms with E-state index in [4.69, 9.17) is 4.74 Å². The molecule has 0 bridgehead atoms. The number of imidazole rings is 1. The van der Waals surface area contributed by atoms with Crippen molar-refractivity contribution >= 4 is 23.1 Å². The fraction of sp³-hybridized carbons (Fsp3) is 0.250. The Labute approximate surface area is 156 Å². The third kappa shape index (κ3) is 3.54. The van der Waals surface area contributed by atoms with Gasteiger partial charge in [0.25, 0.3) is 11.8 Å². The summed E-state index contributed by atoms with van der Waals surface area (Å²) in [5.74, 6) is -0.279. The van der Waals surface area contributed by atoms with Gasteiger partial charge in [-0.15, -0.1) is 0 Å². The predicted molar refractivity (Wildman–Crippen MR) is 101 cm³/mol. The molecule has 3 heterocycles. The van der Waals surface area contributed by atoms with E-state index in [1.54, 1.807) is 52.2 Å². The van der Waals surface area contributed by atoms with Gasteiger partial charge in [0.1, 0.15) is 5.65 Å². The molecule has 0 radical (unpaired) electrons. The van der Waals surface area contributed by atoms with Gasteiger partial charge in [0.15, 0.2) is 0 Å². The van der Waals surface area contributed by atoms with Crippen LogP contribution in [-0.4, -0.2) is 52.4 Å². The molecule has 2 amide bonds. The number of pyridine rings is 1. The minimum atomic E-state index is -0.232. The van der Waals surface area contributed by atoms with Crippen LogP contribution in [0.25, 0.3) is 5.65 Å². The Hall–Kier alpha value is -3.19. The minimum Gasteiger partial charge on any atom is -0.378 e. The maximum Gasteiger partial charge on any atom is 0.257 e. The molecule has 1 saturated heterocycles. The molecule has 0 atom stereocenters. The number of rotatable bonds is 3. The summed E-state index contributed by atoms with van der Waals surface area (Å²) in [6.45, 7) is 4.17. The van der Waals surface area contributed by atoms with E-state index in [-0.39, 0.29) is 11.8 Å². The third-order valence-electron chi connectivity index (χ3n) is 4.68. The summed E-state index contributed by atoms with van der Waals surface area (Å²) in [5, 5.41) is 2.91. The molecular formula is C20H20N4O3. The Morgan fingerprint density at radius 1 is 1.11 bits per heavy atom. The maximum absolute atomic E-state index is 12.7. The Kier molecular flexibility index (Phi) is 4.60. The molecule has 1 aliphatic rings. The molecule has 3 aromatic rings. The smallest absolute Gasteiger partial charge is 0.257 e. The first-order valence-corrected chi connectivity index (χ1v) is 8.83. The Balaban J connectivity index is 1.55. The predicted octanol–water partition coefficient (Wildman–Crippen LogP) is 2.37. The molecule has 0 saturated carbocycles. The molecule has 1 fully saturated rings. The first-order chi connectivity index (χ1) is 13.1.